The van der Waals surface area contributed by atoms with Gasteiger partial charge in [-0.25, -0.2) is 8.78 Å². The molecule has 4 nitrogen and oxygen atoms in total. The number of rotatable bonds is 3. The van der Waals surface area contributed by atoms with E-state index in [1.807, 2.05) is 6.92 Å². The molecular weight excluding hydrogens is 276 g/mol. The Morgan fingerprint density at radius 1 is 1.24 bits per heavy atom. The van der Waals surface area contributed by atoms with Crippen molar-refractivity contribution in [2.75, 3.05) is 5.73 Å². The third kappa shape index (κ3) is 2.29. The van der Waals surface area contributed by atoms with Gasteiger partial charge < -0.3 is 10.2 Å². The minimum Gasteiger partial charge on any atom is -0.469 e. The number of nitrogens with two attached hydrogens (primary N) is 1. The summed E-state index contributed by atoms with van der Waals surface area (Å²) in [5.41, 5.74) is 8.01. The van der Waals surface area contributed by atoms with Crippen LogP contribution < -0.4 is 5.73 Å². The van der Waals surface area contributed by atoms with Crippen molar-refractivity contribution in [2.24, 2.45) is 0 Å². The number of aromatic nitrogens is 2. The zero-order valence-electron chi connectivity index (χ0n) is 11.3. The topological polar surface area (TPSA) is 67.8 Å². The first-order valence-corrected chi connectivity index (χ1v) is 6.47. The lowest BCUT2D eigenvalue weighted by atomic mass is 10.0. The molecule has 3 rings (SSSR count). The smallest absolute Gasteiger partial charge is 0.153 e. The highest BCUT2D eigenvalue weighted by atomic mass is 19.1. The highest BCUT2D eigenvalue weighted by Crippen LogP contribution is 2.37. The average Bonchev–Trinajstić information content (AvgIpc) is 3.02. The third-order valence-electron chi connectivity index (χ3n) is 3.28. The van der Waals surface area contributed by atoms with Gasteiger partial charge in [-0.2, -0.15) is 5.10 Å². The van der Waals surface area contributed by atoms with E-state index in [1.54, 1.807) is 12.3 Å². The number of halogens is 2. The molecule has 0 atom stereocenters. The molecular formula is C15H13F2N3O. The van der Waals surface area contributed by atoms with Gasteiger partial charge in [0.25, 0.3) is 0 Å². The maximum Gasteiger partial charge on any atom is 0.153 e. The first-order valence-electron chi connectivity index (χ1n) is 6.47. The Morgan fingerprint density at radius 2 is 1.95 bits per heavy atom. The van der Waals surface area contributed by atoms with E-state index in [9.17, 15) is 8.78 Å². The number of H-pyrrole nitrogens is 1. The Balaban J connectivity index is 2.22. The maximum atomic E-state index is 13.4. The lowest BCUT2D eigenvalue weighted by Crippen LogP contribution is -1.91. The Kier molecular flexibility index (Phi) is 3.21. The standard InChI is InChI=1S/C15H13F2N3O/c1-2-12-11(3-4-21-12)14-13(15(18)20-19-14)8-5-9(16)7-10(17)6-8/h3-7H,2H2,1H3,(H3,18,19,20). The normalized spacial score (nSPS) is 11.0. The van der Waals surface area contributed by atoms with Crippen LogP contribution in [-0.2, 0) is 6.42 Å². The number of furan rings is 1. The van der Waals surface area contributed by atoms with Crippen molar-refractivity contribution < 1.29 is 13.2 Å². The molecule has 108 valence electrons. The van der Waals surface area contributed by atoms with E-state index in [2.05, 4.69) is 10.2 Å². The minimum atomic E-state index is -0.667. The van der Waals surface area contributed by atoms with Crippen molar-refractivity contribution in [1.82, 2.24) is 10.2 Å². The van der Waals surface area contributed by atoms with Gasteiger partial charge in [0.2, 0.25) is 0 Å². The Morgan fingerprint density at radius 3 is 2.62 bits per heavy atom. The van der Waals surface area contributed by atoms with Crippen molar-refractivity contribution >= 4 is 5.82 Å². The van der Waals surface area contributed by atoms with Gasteiger partial charge in [0.15, 0.2) is 5.82 Å². The number of nitrogens with zero attached hydrogens (tertiary/aromatic N) is 1. The van der Waals surface area contributed by atoms with Crippen LogP contribution in [-0.4, -0.2) is 10.2 Å². The molecule has 2 heterocycles. The summed E-state index contributed by atoms with van der Waals surface area (Å²) in [4.78, 5) is 0. The molecule has 0 amide bonds. The van der Waals surface area contributed by atoms with Crippen molar-refractivity contribution in [3.8, 4) is 22.4 Å². The van der Waals surface area contributed by atoms with Crippen LogP contribution in [0, 0.1) is 11.6 Å². The molecule has 0 saturated heterocycles. The van der Waals surface area contributed by atoms with Crippen LogP contribution in [0.5, 0.6) is 0 Å². The second-order valence-corrected chi connectivity index (χ2v) is 4.63. The number of hydrogen-bond acceptors (Lipinski definition) is 3. The summed E-state index contributed by atoms with van der Waals surface area (Å²) >= 11 is 0. The van der Waals surface area contributed by atoms with E-state index in [0.717, 1.165) is 17.4 Å². The van der Waals surface area contributed by atoms with Gasteiger partial charge in [-0.1, -0.05) is 6.92 Å². The van der Waals surface area contributed by atoms with Crippen molar-refractivity contribution in [2.45, 2.75) is 13.3 Å². The molecule has 3 aromatic rings. The summed E-state index contributed by atoms with van der Waals surface area (Å²) < 4.78 is 32.3. The monoisotopic (exact) mass is 289 g/mol. The summed E-state index contributed by atoms with van der Waals surface area (Å²) in [6.07, 6.45) is 2.24. The molecule has 1 aromatic carbocycles. The van der Waals surface area contributed by atoms with Gasteiger partial charge in [0.05, 0.1) is 17.5 Å². The predicted octanol–water partition coefficient (Wildman–Crippen LogP) is 3.76. The number of anilines is 1. The second kappa shape index (κ2) is 5.05. The Labute approximate surface area is 119 Å². The van der Waals surface area contributed by atoms with Crippen LogP contribution in [0.4, 0.5) is 14.6 Å². The van der Waals surface area contributed by atoms with E-state index < -0.39 is 11.6 Å². The molecule has 0 unspecified atom stereocenters. The van der Waals surface area contributed by atoms with Gasteiger partial charge >= 0.3 is 0 Å². The van der Waals surface area contributed by atoms with Crippen LogP contribution in [0.15, 0.2) is 34.9 Å². The molecule has 3 N–H and O–H groups in total. The lowest BCUT2D eigenvalue weighted by Gasteiger charge is -2.05. The van der Waals surface area contributed by atoms with Crippen LogP contribution >= 0.6 is 0 Å². The van der Waals surface area contributed by atoms with Crippen LogP contribution in [0.2, 0.25) is 0 Å². The molecule has 0 saturated carbocycles. The first-order chi connectivity index (χ1) is 10.1. The number of nitrogen functional groups attached to an aromatic ring is 1. The highest BCUT2D eigenvalue weighted by molar-refractivity contribution is 5.88. The lowest BCUT2D eigenvalue weighted by molar-refractivity contribution is 0.517. The molecule has 0 aliphatic heterocycles. The summed E-state index contributed by atoms with van der Waals surface area (Å²) in [6.45, 7) is 1.95. The maximum absolute atomic E-state index is 13.4. The molecule has 0 aliphatic rings. The first kappa shape index (κ1) is 13.4. The summed E-state index contributed by atoms with van der Waals surface area (Å²) in [7, 11) is 0. The second-order valence-electron chi connectivity index (χ2n) is 4.63. The fraction of sp³-hybridized carbons (Fsp3) is 0.133. The van der Waals surface area contributed by atoms with Gasteiger partial charge in [0, 0.05) is 18.1 Å². The van der Waals surface area contributed by atoms with Gasteiger partial charge in [-0.05, 0) is 23.8 Å². The third-order valence-corrected chi connectivity index (χ3v) is 3.28. The fourth-order valence-corrected chi connectivity index (χ4v) is 2.38. The number of benzene rings is 1. The zero-order valence-corrected chi connectivity index (χ0v) is 11.3. The summed E-state index contributed by atoms with van der Waals surface area (Å²) in [5.74, 6) is -0.408. The molecule has 0 aliphatic carbocycles. The summed E-state index contributed by atoms with van der Waals surface area (Å²) in [6, 6.07) is 5.03. The molecule has 6 heteroatoms. The van der Waals surface area contributed by atoms with E-state index in [1.165, 1.54) is 12.1 Å². The molecule has 21 heavy (non-hydrogen) atoms. The largest absolute Gasteiger partial charge is 0.469 e. The van der Waals surface area contributed by atoms with E-state index in [4.69, 9.17) is 10.2 Å². The van der Waals surface area contributed by atoms with Gasteiger partial charge in [-0.15, -0.1) is 0 Å². The van der Waals surface area contributed by atoms with Gasteiger partial charge in [-0.3, -0.25) is 5.10 Å². The number of nitrogens with one attached hydrogen (secondary N) is 1. The van der Waals surface area contributed by atoms with Crippen molar-refractivity contribution in [1.29, 1.82) is 0 Å². The van der Waals surface area contributed by atoms with E-state index >= 15 is 0 Å². The highest BCUT2D eigenvalue weighted by Gasteiger charge is 2.19. The Hall–Kier alpha value is -2.63. The number of aryl methyl sites for hydroxylation is 1. The predicted molar refractivity (Wildman–Crippen MR) is 75.4 cm³/mol. The van der Waals surface area contributed by atoms with Crippen molar-refractivity contribution in [3.05, 3.63) is 47.9 Å². The van der Waals surface area contributed by atoms with Crippen LogP contribution in [0.25, 0.3) is 22.4 Å². The number of hydrogen-bond donors (Lipinski definition) is 2. The number of aromatic amines is 1. The van der Waals surface area contributed by atoms with E-state index in [-0.39, 0.29) is 5.82 Å². The molecule has 2 aromatic heterocycles. The average molecular weight is 289 g/mol. The van der Waals surface area contributed by atoms with Gasteiger partial charge in [0.1, 0.15) is 17.4 Å². The van der Waals surface area contributed by atoms with Crippen LogP contribution in [0.3, 0.4) is 0 Å². The quantitative estimate of drug-likeness (QED) is 0.771. The Bertz CT molecular complexity index is 772. The molecule has 0 bridgehead atoms. The molecule has 0 radical (unpaired) electrons. The molecule has 0 spiro atoms. The van der Waals surface area contributed by atoms with Crippen molar-refractivity contribution in [3.63, 3.8) is 0 Å². The fourth-order valence-electron chi connectivity index (χ4n) is 2.38. The van der Waals surface area contributed by atoms with E-state index in [0.29, 0.717) is 23.2 Å². The SMILES string of the molecule is CCc1occc1-c1[nH]nc(N)c1-c1cc(F)cc(F)c1. The molecule has 0 fully saturated rings. The summed E-state index contributed by atoms with van der Waals surface area (Å²) in [5, 5.41) is 6.76. The van der Waals surface area contributed by atoms with Crippen LogP contribution in [0.1, 0.15) is 12.7 Å². The minimum absolute atomic E-state index is 0.179. The zero-order chi connectivity index (χ0) is 15.0.